The minimum absolute atomic E-state index is 0.261. The highest BCUT2D eigenvalue weighted by Gasteiger charge is 2.41. The fourth-order valence-electron chi connectivity index (χ4n) is 1.77. The Labute approximate surface area is 116 Å². The first-order valence-corrected chi connectivity index (χ1v) is 6.11. The largest absolute Gasteiger partial charge is 0.394 e. The molecule has 0 aromatic rings. The van der Waals surface area contributed by atoms with E-state index < -0.39 is 30.5 Å². The molecule has 2 amide bonds. The van der Waals surface area contributed by atoms with Crippen molar-refractivity contribution in [2.45, 2.75) is 44.9 Å². The minimum atomic E-state index is -0.790. The van der Waals surface area contributed by atoms with Crippen LogP contribution in [0.2, 0.25) is 0 Å². The summed E-state index contributed by atoms with van der Waals surface area (Å²) in [6.45, 7) is 2.21. The summed E-state index contributed by atoms with van der Waals surface area (Å²) in [5.74, 6) is -0.793. The average Bonchev–Trinajstić information content (AvgIpc) is 2.42. The molecule has 1 saturated heterocycles. The molecule has 1 heterocycles. The number of ether oxygens (including phenoxy) is 2. The maximum Gasteiger partial charge on any atom is 0.240 e. The van der Waals surface area contributed by atoms with Crippen LogP contribution in [0.3, 0.4) is 0 Å². The van der Waals surface area contributed by atoms with Crippen molar-refractivity contribution in [3.05, 3.63) is 0 Å². The fraction of sp³-hybridized carbons (Fsp3) is 0.818. The number of amides is 2. The summed E-state index contributed by atoms with van der Waals surface area (Å²) < 4.78 is 10.5. The Hall–Kier alpha value is -1.26. The SMILES string of the molecule is CO[C@@H]1C[C@@H](ONC(C)=O)[C@H](ONC(C)=O)[C@@H](CO)O1. The van der Waals surface area contributed by atoms with Crippen LogP contribution in [-0.4, -0.2) is 55.2 Å². The quantitative estimate of drug-likeness (QED) is 0.516. The van der Waals surface area contributed by atoms with Gasteiger partial charge in [0.15, 0.2) is 6.29 Å². The molecule has 20 heavy (non-hydrogen) atoms. The van der Waals surface area contributed by atoms with Crippen LogP contribution in [0.15, 0.2) is 0 Å². The molecule has 9 nitrogen and oxygen atoms in total. The Morgan fingerprint density at radius 2 is 1.85 bits per heavy atom. The number of aliphatic hydroxyl groups excluding tert-OH is 1. The third kappa shape index (κ3) is 5.02. The van der Waals surface area contributed by atoms with Crippen molar-refractivity contribution in [1.29, 1.82) is 0 Å². The van der Waals surface area contributed by atoms with Crippen LogP contribution in [0.4, 0.5) is 0 Å². The highest BCUT2D eigenvalue weighted by atomic mass is 16.7. The topological polar surface area (TPSA) is 115 Å². The number of carbonyl (C=O) groups is 2. The maximum atomic E-state index is 10.9. The van der Waals surface area contributed by atoms with E-state index in [2.05, 4.69) is 11.0 Å². The summed E-state index contributed by atoms with van der Waals surface area (Å²) in [4.78, 5) is 32.2. The van der Waals surface area contributed by atoms with Gasteiger partial charge >= 0.3 is 0 Å². The van der Waals surface area contributed by atoms with E-state index in [4.69, 9.17) is 19.1 Å². The molecular formula is C11H20N2O7. The number of hydrogen-bond donors (Lipinski definition) is 3. The number of methoxy groups -OCH3 is 1. The molecule has 0 spiro atoms. The Morgan fingerprint density at radius 3 is 2.35 bits per heavy atom. The highest BCUT2D eigenvalue weighted by Crippen LogP contribution is 2.24. The zero-order chi connectivity index (χ0) is 15.1. The maximum absolute atomic E-state index is 10.9. The van der Waals surface area contributed by atoms with Crippen molar-refractivity contribution in [1.82, 2.24) is 11.0 Å². The molecule has 1 aliphatic rings. The van der Waals surface area contributed by atoms with Crippen molar-refractivity contribution in [2.75, 3.05) is 13.7 Å². The molecule has 4 atom stereocenters. The van der Waals surface area contributed by atoms with Gasteiger partial charge in [-0.15, -0.1) is 0 Å². The predicted octanol–water partition coefficient (Wildman–Crippen LogP) is -1.39. The smallest absolute Gasteiger partial charge is 0.240 e. The molecule has 0 radical (unpaired) electrons. The molecule has 116 valence electrons. The molecule has 1 aliphatic heterocycles. The van der Waals surface area contributed by atoms with E-state index in [-0.39, 0.29) is 18.9 Å². The van der Waals surface area contributed by atoms with E-state index in [1.807, 2.05) is 0 Å². The summed E-state index contributed by atoms with van der Waals surface area (Å²) in [7, 11) is 1.45. The fourth-order valence-corrected chi connectivity index (χ4v) is 1.77. The molecule has 9 heteroatoms. The number of hydroxylamine groups is 2. The molecule has 0 aromatic heterocycles. The number of carbonyl (C=O) groups excluding carboxylic acids is 2. The normalized spacial score (nSPS) is 29.8. The summed E-state index contributed by atoms with van der Waals surface area (Å²) in [6.07, 6.45) is -2.55. The van der Waals surface area contributed by atoms with E-state index in [9.17, 15) is 14.7 Å². The van der Waals surface area contributed by atoms with Crippen LogP contribution in [0.5, 0.6) is 0 Å². The summed E-state index contributed by atoms with van der Waals surface area (Å²) in [5, 5.41) is 9.32. The van der Waals surface area contributed by atoms with Gasteiger partial charge in [0.1, 0.15) is 18.3 Å². The minimum Gasteiger partial charge on any atom is -0.394 e. The van der Waals surface area contributed by atoms with E-state index in [1.54, 1.807) is 0 Å². The Kier molecular flexibility index (Phi) is 6.82. The molecule has 3 N–H and O–H groups in total. The van der Waals surface area contributed by atoms with Crippen LogP contribution in [0, 0.1) is 0 Å². The second-order valence-corrected chi connectivity index (χ2v) is 4.31. The number of hydrogen-bond acceptors (Lipinski definition) is 7. The monoisotopic (exact) mass is 292 g/mol. The molecule has 0 bridgehead atoms. The average molecular weight is 292 g/mol. The zero-order valence-electron chi connectivity index (χ0n) is 11.6. The Bertz CT molecular complexity index is 339. The Balaban J connectivity index is 2.72. The van der Waals surface area contributed by atoms with Gasteiger partial charge in [-0.05, 0) is 0 Å². The lowest BCUT2D eigenvalue weighted by Crippen LogP contribution is -2.56. The van der Waals surface area contributed by atoms with E-state index in [0.29, 0.717) is 0 Å². The summed E-state index contributed by atoms with van der Waals surface area (Å²) in [5.41, 5.74) is 4.36. The molecule has 1 rings (SSSR count). The molecular weight excluding hydrogens is 272 g/mol. The lowest BCUT2D eigenvalue weighted by molar-refractivity contribution is -0.281. The van der Waals surface area contributed by atoms with Crippen molar-refractivity contribution >= 4 is 11.8 Å². The molecule has 0 aromatic carbocycles. The van der Waals surface area contributed by atoms with E-state index in [1.165, 1.54) is 21.0 Å². The first-order valence-electron chi connectivity index (χ1n) is 6.11. The van der Waals surface area contributed by atoms with E-state index >= 15 is 0 Å². The van der Waals surface area contributed by atoms with Gasteiger partial charge in [-0.1, -0.05) is 0 Å². The second-order valence-electron chi connectivity index (χ2n) is 4.31. The number of aliphatic hydroxyl groups is 1. The third-order valence-electron chi connectivity index (χ3n) is 2.62. The van der Waals surface area contributed by atoms with Crippen LogP contribution in [0.25, 0.3) is 0 Å². The number of nitrogens with one attached hydrogen (secondary N) is 2. The van der Waals surface area contributed by atoms with Gasteiger partial charge in [-0.25, -0.2) is 11.0 Å². The first-order chi connectivity index (χ1) is 9.47. The Morgan fingerprint density at radius 1 is 1.25 bits per heavy atom. The van der Waals surface area contributed by atoms with Gasteiger partial charge in [0.25, 0.3) is 0 Å². The van der Waals surface area contributed by atoms with Crippen molar-refractivity contribution in [2.24, 2.45) is 0 Å². The standard InChI is InChI=1S/C11H20N2O7/c1-6(15)12-19-8-4-10(17-3)18-9(5-14)11(8)20-13-7(2)16/h8-11,14H,4-5H2,1-3H3,(H,12,15)(H,13,16)/t8-,9-,10+,11+/m1/s1. The van der Waals surface area contributed by atoms with Crippen LogP contribution in [0.1, 0.15) is 20.3 Å². The molecule has 0 saturated carbocycles. The van der Waals surface area contributed by atoms with Gasteiger partial charge in [0.05, 0.1) is 6.61 Å². The van der Waals surface area contributed by atoms with Gasteiger partial charge in [0, 0.05) is 27.4 Å². The lowest BCUT2D eigenvalue weighted by atomic mass is 10.0. The van der Waals surface area contributed by atoms with Crippen molar-refractivity contribution in [3.63, 3.8) is 0 Å². The summed E-state index contributed by atoms with van der Waals surface area (Å²) >= 11 is 0. The second kappa shape index (κ2) is 8.12. The molecule has 1 fully saturated rings. The van der Waals surface area contributed by atoms with Gasteiger partial charge in [0.2, 0.25) is 11.8 Å². The van der Waals surface area contributed by atoms with Crippen molar-refractivity contribution in [3.8, 4) is 0 Å². The highest BCUT2D eigenvalue weighted by molar-refractivity contribution is 5.71. The van der Waals surface area contributed by atoms with Crippen molar-refractivity contribution < 1.29 is 33.8 Å². The van der Waals surface area contributed by atoms with Crippen LogP contribution >= 0.6 is 0 Å². The lowest BCUT2D eigenvalue weighted by Gasteiger charge is -2.39. The van der Waals surface area contributed by atoms with Crippen LogP contribution < -0.4 is 11.0 Å². The molecule has 0 aliphatic carbocycles. The van der Waals surface area contributed by atoms with Gasteiger partial charge in [-0.3, -0.25) is 19.3 Å². The molecule has 0 unspecified atom stereocenters. The predicted molar refractivity (Wildman–Crippen MR) is 64.8 cm³/mol. The first kappa shape index (κ1) is 16.8. The van der Waals surface area contributed by atoms with Crippen LogP contribution in [-0.2, 0) is 28.7 Å². The van der Waals surface area contributed by atoms with Gasteiger partial charge < -0.3 is 14.6 Å². The van der Waals surface area contributed by atoms with E-state index in [0.717, 1.165) is 0 Å². The zero-order valence-corrected chi connectivity index (χ0v) is 11.6. The number of rotatable bonds is 6. The summed E-state index contributed by atoms with van der Waals surface area (Å²) in [6, 6.07) is 0. The van der Waals surface area contributed by atoms with Gasteiger partial charge in [-0.2, -0.15) is 0 Å². The third-order valence-corrected chi connectivity index (χ3v) is 2.62.